The van der Waals surface area contributed by atoms with Gasteiger partial charge in [-0.15, -0.1) is 0 Å². The van der Waals surface area contributed by atoms with Gasteiger partial charge in [-0.2, -0.15) is 0 Å². The highest BCUT2D eigenvalue weighted by Gasteiger charge is 2.10. The summed E-state index contributed by atoms with van der Waals surface area (Å²) < 4.78 is 0. The summed E-state index contributed by atoms with van der Waals surface area (Å²) in [7, 11) is 0. The van der Waals surface area contributed by atoms with Gasteiger partial charge in [0.1, 0.15) is 0 Å². The molecule has 0 aromatic heterocycles. The van der Waals surface area contributed by atoms with Crippen LogP contribution >= 0.6 is 0 Å². The van der Waals surface area contributed by atoms with Crippen molar-refractivity contribution in [2.45, 2.75) is 33.7 Å². The van der Waals surface area contributed by atoms with E-state index < -0.39 is 0 Å². The monoisotopic (exact) mass is 158 g/mol. The van der Waals surface area contributed by atoms with Crippen molar-refractivity contribution < 1.29 is 0 Å². The molecule has 0 spiro atoms. The van der Waals surface area contributed by atoms with E-state index in [4.69, 9.17) is 5.73 Å². The van der Waals surface area contributed by atoms with Crippen molar-refractivity contribution in [3.63, 3.8) is 0 Å². The summed E-state index contributed by atoms with van der Waals surface area (Å²) in [5, 5.41) is 0. The van der Waals surface area contributed by atoms with E-state index in [1.54, 1.807) is 0 Å². The standard InChI is InChI=1S/C9H22N2/c1-5-11(7-8(2)3)9(4)6-10/h8-9H,5-7,10H2,1-4H3. The second-order valence-electron chi connectivity index (χ2n) is 3.57. The van der Waals surface area contributed by atoms with Crippen LogP contribution in [0.15, 0.2) is 0 Å². The Morgan fingerprint density at radius 3 is 2.09 bits per heavy atom. The summed E-state index contributed by atoms with van der Waals surface area (Å²) in [6.45, 7) is 11.9. The molecule has 11 heavy (non-hydrogen) atoms. The van der Waals surface area contributed by atoms with Gasteiger partial charge in [-0.3, -0.25) is 4.90 Å². The molecule has 0 aliphatic carbocycles. The Balaban J connectivity index is 3.74. The van der Waals surface area contributed by atoms with Crippen LogP contribution in [0.2, 0.25) is 0 Å². The van der Waals surface area contributed by atoms with Crippen molar-refractivity contribution in [1.82, 2.24) is 4.90 Å². The van der Waals surface area contributed by atoms with Crippen LogP contribution in [0, 0.1) is 5.92 Å². The van der Waals surface area contributed by atoms with E-state index in [0.29, 0.717) is 6.04 Å². The van der Waals surface area contributed by atoms with E-state index in [1.807, 2.05) is 0 Å². The summed E-state index contributed by atoms with van der Waals surface area (Å²) in [6.07, 6.45) is 0. The summed E-state index contributed by atoms with van der Waals surface area (Å²) in [5.74, 6) is 0.740. The van der Waals surface area contributed by atoms with E-state index in [2.05, 4.69) is 32.6 Å². The number of hydrogen-bond donors (Lipinski definition) is 1. The Morgan fingerprint density at radius 2 is 1.82 bits per heavy atom. The van der Waals surface area contributed by atoms with Crippen LogP contribution in [0.4, 0.5) is 0 Å². The fourth-order valence-corrected chi connectivity index (χ4v) is 1.24. The lowest BCUT2D eigenvalue weighted by molar-refractivity contribution is 0.200. The van der Waals surface area contributed by atoms with Gasteiger partial charge in [0.15, 0.2) is 0 Å². The molecular formula is C9H22N2. The predicted octanol–water partition coefficient (Wildman–Crippen LogP) is 1.31. The van der Waals surface area contributed by atoms with Gasteiger partial charge < -0.3 is 5.73 Å². The number of rotatable bonds is 5. The predicted molar refractivity (Wildman–Crippen MR) is 50.6 cm³/mol. The minimum absolute atomic E-state index is 0.530. The molecule has 0 aliphatic heterocycles. The first-order valence-electron chi connectivity index (χ1n) is 4.55. The molecular weight excluding hydrogens is 136 g/mol. The minimum atomic E-state index is 0.530. The second kappa shape index (κ2) is 5.56. The molecule has 2 heteroatoms. The van der Waals surface area contributed by atoms with Crippen LogP contribution in [0.1, 0.15) is 27.7 Å². The van der Waals surface area contributed by atoms with Gasteiger partial charge in [-0.1, -0.05) is 20.8 Å². The number of likely N-dealkylation sites (N-methyl/N-ethyl adjacent to an activating group) is 1. The van der Waals surface area contributed by atoms with Crippen LogP contribution in [-0.4, -0.2) is 30.6 Å². The Bertz CT molecular complexity index is 91.6. The van der Waals surface area contributed by atoms with E-state index in [-0.39, 0.29) is 0 Å². The van der Waals surface area contributed by atoms with Crippen molar-refractivity contribution in [3.8, 4) is 0 Å². The number of nitrogens with zero attached hydrogens (tertiary/aromatic N) is 1. The average molecular weight is 158 g/mol. The molecule has 1 unspecified atom stereocenters. The van der Waals surface area contributed by atoms with Crippen molar-refractivity contribution in [2.24, 2.45) is 11.7 Å². The zero-order valence-electron chi connectivity index (χ0n) is 8.30. The molecule has 0 saturated heterocycles. The van der Waals surface area contributed by atoms with Crippen LogP contribution in [-0.2, 0) is 0 Å². The molecule has 0 saturated carbocycles. The van der Waals surface area contributed by atoms with E-state index in [9.17, 15) is 0 Å². The molecule has 2 nitrogen and oxygen atoms in total. The van der Waals surface area contributed by atoms with E-state index in [0.717, 1.165) is 25.6 Å². The molecule has 0 heterocycles. The molecule has 0 aromatic carbocycles. The molecule has 0 rings (SSSR count). The molecule has 2 N–H and O–H groups in total. The maximum atomic E-state index is 5.58. The molecule has 0 amide bonds. The Hall–Kier alpha value is -0.0800. The lowest BCUT2D eigenvalue weighted by Gasteiger charge is -2.28. The third kappa shape index (κ3) is 4.38. The molecule has 0 radical (unpaired) electrons. The van der Waals surface area contributed by atoms with Gasteiger partial charge in [-0.25, -0.2) is 0 Å². The summed E-state index contributed by atoms with van der Waals surface area (Å²) >= 11 is 0. The molecule has 0 aliphatic rings. The fourth-order valence-electron chi connectivity index (χ4n) is 1.24. The molecule has 68 valence electrons. The summed E-state index contributed by atoms with van der Waals surface area (Å²) in [5.41, 5.74) is 5.58. The van der Waals surface area contributed by atoms with Crippen molar-refractivity contribution in [2.75, 3.05) is 19.6 Å². The lowest BCUT2D eigenvalue weighted by atomic mass is 10.1. The van der Waals surface area contributed by atoms with Crippen LogP contribution in [0.5, 0.6) is 0 Å². The van der Waals surface area contributed by atoms with Crippen molar-refractivity contribution >= 4 is 0 Å². The Morgan fingerprint density at radius 1 is 1.27 bits per heavy atom. The van der Waals surface area contributed by atoms with E-state index >= 15 is 0 Å². The largest absolute Gasteiger partial charge is 0.329 e. The minimum Gasteiger partial charge on any atom is -0.329 e. The quantitative estimate of drug-likeness (QED) is 0.653. The summed E-state index contributed by atoms with van der Waals surface area (Å²) in [4.78, 5) is 2.42. The highest BCUT2D eigenvalue weighted by Crippen LogP contribution is 2.02. The Labute approximate surface area is 70.8 Å². The third-order valence-corrected chi connectivity index (χ3v) is 1.97. The van der Waals surface area contributed by atoms with E-state index in [1.165, 1.54) is 0 Å². The van der Waals surface area contributed by atoms with Gasteiger partial charge in [0.2, 0.25) is 0 Å². The van der Waals surface area contributed by atoms with Crippen molar-refractivity contribution in [3.05, 3.63) is 0 Å². The maximum Gasteiger partial charge on any atom is 0.0190 e. The van der Waals surface area contributed by atoms with Gasteiger partial charge in [0.25, 0.3) is 0 Å². The van der Waals surface area contributed by atoms with Crippen LogP contribution < -0.4 is 5.73 Å². The first-order valence-corrected chi connectivity index (χ1v) is 4.55. The smallest absolute Gasteiger partial charge is 0.0190 e. The topological polar surface area (TPSA) is 29.3 Å². The first-order chi connectivity index (χ1) is 5.11. The Kier molecular flexibility index (Phi) is 5.51. The normalized spacial score (nSPS) is 14.5. The zero-order valence-corrected chi connectivity index (χ0v) is 8.30. The molecule has 0 fully saturated rings. The van der Waals surface area contributed by atoms with Gasteiger partial charge in [-0.05, 0) is 19.4 Å². The number of nitrogens with two attached hydrogens (primary N) is 1. The highest BCUT2D eigenvalue weighted by molar-refractivity contribution is 4.67. The highest BCUT2D eigenvalue weighted by atomic mass is 15.2. The summed E-state index contributed by atoms with van der Waals surface area (Å²) in [6, 6.07) is 0.530. The van der Waals surface area contributed by atoms with Crippen LogP contribution in [0.3, 0.4) is 0 Å². The third-order valence-electron chi connectivity index (χ3n) is 1.97. The molecule has 0 aromatic rings. The van der Waals surface area contributed by atoms with Crippen LogP contribution in [0.25, 0.3) is 0 Å². The maximum absolute atomic E-state index is 5.58. The van der Waals surface area contributed by atoms with Crippen molar-refractivity contribution in [1.29, 1.82) is 0 Å². The average Bonchev–Trinajstić information content (AvgIpc) is 1.98. The number of hydrogen-bond acceptors (Lipinski definition) is 2. The lowest BCUT2D eigenvalue weighted by Crippen LogP contribution is -2.40. The van der Waals surface area contributed by atoms with Gasteiger partial charge >= 0.3 is 0 Å². The molecule has 1 atom stereocenters. The SMILES string of the molecule is CCN(CC(C)C)C(C)CN. The van der Waals surface area contributed by atoms with Gasteiger partial charge in [0.05, 0.1) is 0 Å². The van der Waals surface area contributed by atoms with Gasteiger partial charge in [0, 0.05) is 19.1 Å². The second-order valence-corrected chi connectivity index (χ2v) is 3.57. The molecule has 0 bridgehead atoms. The zero-order chi connectivity index (χ0) is 8.85. The first kappa shape index (κ1) is 10.9. The fraction of sp³-hybridized carbons (Fsp3) is 1.00.